The largest absolute Gasteiger partial charge is 0.480 e. The van der Waals surface area contributed by atoms with Gasteiger partial charge in [0.15, 0.2) is 0 Å². The fourth-order valence-electron chi connectivity index (χ4n) is 1.56. The molecule has 1 aliphatic carbocycles. The number of amides is 2. The Morgan fingerprint density at radius 3 is 2.26 bits per heavy atom. The Hall–Kier alpha value is -1.59. The lowest BCUT2D eigenvalue weighted by molar-refractivity contribution is -0.144. The second-order valence-corrected chi connectivity index (χ2v) is 6.04. The molecule has 1 saturated carbocycles. The third-order valence-corrected chi connectivity index (χ3v) is 2.94. The smallest absolute Gasteiger partial charge is 0.323 e. The van der Waals surface area contributed by atoms with Crippen molar-refractivity contribution in [3.63, 3.8) is 0 Å². The SMILES string of the molecule is CC(C)(C)C(=O)NCC(=O)N(CC(=O)O)CC1CC1. The minimum atomic E-state index is -1.03. The number of carbonyl (C=O) groups excluding carboxylic acids is 2. The summed E-state index contributed by atoms with van der Waals surface area (Å²) in [6.45, 7) is 5.29. The first-order chi connectivity index (χ1) is 8.70. The topological polar surface area (TPSA) is 86.7 Å². The summed E-state index contributed by atoms with van der Waals surface area (Å²) in [5, 5.41) is 11.3. The second kappa shape index (κ2) is 6.04. The Labute approximate surface area is 113 Å². The van der Waals surface area contributed by atoms with Gasteiger partial charge in [-0.25, -0.2) is 0 Å². The van der Waals surface area contributed by atoms with Crippen LogP contribution in [-0.2, 0) is 14.4 Å². The average molecular weight is 270 g/mol. The summed E-state index contributed by atoms with van der Waals surface area (Å²) in [4.78, 5) is 35.6. The van der Waals surface area contributed by atoms with E-state index < -0.39 is 11.4 Å². The van der Waals surface area contributed by atoms with Gasteiger partial charge in [0, 0.05) is 12.0 Å². The van der Waals surface area contributed by atoms with E-state index in [0.29, 0.717) is 12.5 Å². The van der Waals surface area contributed by atoms with Gasteiger partial charge in [0.1, 0.15) is 6.54 Å². The normalized spacial score (nSPS) is 14.9. The molecule has 0 aromatic rings. The maximum Gasteiger partial charge on any atom is 0.323 e. The second-order valence-electron chi connectivity index (χ2n) is 6.04. The van der Waals surface area contributed by atoms with Crippen LogP contribution in [0.3, 0.4) is 0 Å². The lowest BCUT2D eigenvalue weighted by Crippen LogP contribution is -2.45. The van der Waals surface area contributed by atoms with Crippen LogP contribution in [0.1, 0.15) is 33.6 Å². The first kappa shape index (κ1) is 15.5. The number of hydrogen-bond acceptors (Lipinski definition) is 3. The molecule has 1 aliphatic rings. The highest BCUT2D eigenvalue weighted by Crippen LogP contribution is 2.29. The minimum absolute atomic E-state index is 0.143. The number of nitrogens with one attached hydrogen (secondary N) is 1. The summed E-state index contributed by atoms with van der Waals surface area (Å²) < 4.78 is 0. The number of carbonyl (C=O) groups is 3. The number of rotatable bonds is 6. The predicted molar refractivity (Wildman–Crippen MR) is 69.4 cm³/mol. The quantitative estimate of drug-likeness (QED) is 0.734. The van der Waals surface area contributed by atoms with Crippen molar-refractivity contribution in [1.29, 1.82) is 0 Å². The molecule has 0 atom stereocenters. The van der Waals surface area contributed by atoms with E-state index in [1.54, 1.807) is 20.8 Å². The summed E-state index contributed by atoms with van der Waals surface area (Å²) in [5.74, 6) is -1.17. The minimum Gasteiger partial charge on any atom is -0.480 e. The third-order valence-electron chi connectivity index (χ3n) is 2.94. The highest BCUT2D eigenvalue weighted by Gasteiger charge is 2.28. The van der Waals surface area contributed by atoms with E-state index in [1.165, 1.54) is 4.90 Å². The molecule has 0 heterocycles. The van der Waals surface area contributed by atoms with Crippen molar-refractivity contribution in [2.75, 3.05) is 19.6 Å². The number of carboxylic acids is 1. The molecule has 108 valence electrons. The molecule has 0 bridgehead atoms. The summed E-state index contributed by atoms with van der Waals surface area (Å²) in [6.07, 6.45) is 2.08. The lowest BCUT2D eigenvalue weighted by Gasteiger charge is -2.22. The molecule has 0 radical (unpaired) electrons. The van der Waals surface area contributed by atoms with Gasteiger partial charge in [-0.2, -0.15) is 0 Å². The van der Waals surface area contributed by atoms with Crippen LogP contribution in [0.5, 0.6) is 0 Å². The molecule has 2 N–H and O–H groups in total. The van der Waals surface area contributed by atoms with Gasteiger partial charge in [-0.05, 0) is 18.8 Å². The summed E-state index contributed by atoms with van der Waals surface area (Å²) in [6, 6.07) is 0. The van der Waals surface area contributed by atoms with E-state index in [4.69, 9.17) is 5.11 Å². The van der Waals surface area contributed by atoms with Crippen molar-refractivity contribution < 1.29 is 19.5 Å². The van der Waals surface area contributed by atoms with Crippen molar-refractivity contribution in [1.82, 2.24) is 10.2 Å². The molecule has 0 aromatic heterocycles. The molecule has 6 nitrogen and oxygen atoms in total. The standard InChI is InChI=1S/C13H22N2O4/c1-13(2,3)12(19)14-6-10(16)15(8-11(17)18)7-9-4-5-9/h9H,4-8H2,1-3H3,(H,14,19)(H,17,18). The van der Waals surface area contributed by atoms with Crippen molar-refractivity contribution in [3.8, 4) is 0 Å². The molecule has 0 aromatic carbocycles. The molecular weight excluding hydrogens is 248 g/mol. The van der Waals surface area contributed by atoms with E-state index in [1.807, 2.05) is 0 Å². The summed E-state index contributed by atoms with van der Waals surface area (Å²) in [5.41, 5.74) is -0.561. The van der Waals surface area contributed by atoms with E-state index in [0.717, 1.165) is 12.8 Å². The molecule has 0 unspecified atom stereocenters. The van der Waals surface area contributed by atoms with Gasteiger partial charge in [0.2, 0.25) is 11.8 Å². The van der Waals surface area contributed by atoms with Crippen LogP contribution in [0.25, 0.3) is 0 Å². The van der Waals surface area contributed by atoms with Crippen molar-refractivity contribution in [2.24, 2.45) is 11.3 Å². The van der Waals surface area contributed by atoms with Gasteiger partial charge < -0.3 is 15.3 Å². The molecule has 19 heavy (non-hydrogen) atoms. The van der Waals surface area contributed by atoms with Crippen molar-refractivity contribution >= 4 is 17.8 Å². The maximum absolute atomic E-state index is 11.9. The highest BCUT2D eigenvalue weighted by molar-refractivity contribution is 5.88. The fourth-order valence-corrected chi connectivity index (χ4v) is 1.56. The summed E-state index contributed by atoms with van der Waals surface area (Å²) in [7, 11) is 0. The molecule has 1 rings (SSSR count). The van der Waals surface area contributed by atoms with Gasteiger partial charge in [0.05, 0.1) is 6.54 Å². The van der Waals surface area contributed by atoms with E-state index in [9.17, 15) is 14.4 Å². The highest BCUT2D eigenvalue weighted by atomic mass is 16.4. The Morgan fingerprint density at radius 1 is 1.26 bits per heavy atom. The fraction of sp³-hybridized carbons (Fsp3) is 0.769. The summed E-state index contributed by atoms with van der Waals surface area (Å²) >= 11 is 0. The molecule has 6 heteroatoms. The molecule has 0 saturated heterocycles. The zero-order valence-corrected chi connectivity index (χ0v) is 11.7. The van der Waals surface area contributed by atoms with Crippen LogP contribution >= 0.6 is 0 Å². The van der Waals surface area contributed by atoms with Crippen LogP contribution in [-0.4, -0.2) is 47.4 Å². The van der Waals surface area contributed by atoms with Crippen LogP contribution in [0.15, 0.2) is 0 Å². The Morgan fingerprint density at radius 2 is 1.84 bits per heavy atom. The Kier molecular flexibility index (Phi) is 4.91. The number of hydrogen-bond donors (Lipinski definition) is 2. The monoisotopic (exact) mass is 270 g/mol. The van der Waals surface area contributed by atoms with E-state index in [-0.39, 0.29) is 24.9 Å². The molecule has 0 spiro atoms. The third kappa shape index (κ3) is 5.72. The molecular formula is C13H22N2O4. The van der Waals surface area contributed by atoms with Crippen LogP contribution in [0.2, 0.25) is 0 Å². The number of carboxylic acid groups (broad SMARTS) is 1. The van der Waals surface area contributed by atoms with E-state index >= 15 is 0 Å². The zero-order chi connectivity index (χ0) is 14.6. The van der Waals surface area contributed by atoms with Gasteiger partial charge in [-0.15, -0.1) is 0 Å². The van der Waals surface area contributed by atoms with Gasteiger partial charge in [-0.1, -0.05) is 20.8 Å². The van der Waals surface area contributed by atoms with Gasteiger partial charge >= 0.3 is 5.97 Å². The van der Waals surface area contributed by atoms with Crippen LogP contribution < -0.4 is 5.32 Å². The Balaban J connectivity index is 2.46. The van der Waals surface area contributed by atoms with Crippen LogP contribution in [0, 0.1) is 11.3 Å². The number of aliphatic carboxylic acids is 1. The predicted octanol–water partition coefficient (Wildman–Crippen LogP) is 0.472. The molecule has 2 amide bonds. The van der Waals surface area contributed by atoms with Crippen molar-refractivity contribution in [2.45, 2.75) is 33.6 Å². The first-order valence-electron chi connectivity index (χ1n) is 6.48. The molecule has 1 fully saturated rings. The van der Waals surface area contributed by atoms with Gasteiger partial charge in [-0.3, -0.25) is 14.4 Å². The average Bonchev–Trinajstić information content (AvgIpc) is 3.06. The first-order valence-corrected chi connectivity index (χ1v) is 6.48. The van der Waals surface area contributed by atoms with E-state index in [2.05, 4.69) is 5.32 Å². The maximum atomic E-state index is 11.9. The lowest BCUT2D eigenvalue weighted by atomic mass is 9.96. The number of nitrogens with zero attached hydrogens (tertiary/aromatic N) is 1. The Bertz CT molecular complexity index is 369. The van der Waals surface area contributed by atoms with Crippen LogP contribution in [0.4, 0.5) is 0 Å². The van der Waals surface area contributed by atoms with Gasteiger partial charge in [0.25, 0.3) is 0 Å². The zero-order valence-electron chi connectivity index (χ0n) is 11.7. The molecule has 0 aliphatic heterocycles. The van der Waals surface area contributed by atoms with Crippen molar-refractivity contribution in [3.05, 3.63) is 0 Å².